The highest BCUT2D eigenvalue weighted by molar-refractivity contribution is 5.75. The second-order valence-corrected chi connectivity index (χ2v) is 7.67. The lowest BCUT2D eigenvalue weighted by Crippen LogP contribution is -2.26. The first-order valence-electron chi connectivity index (χ1n) is 10.4. The molecule has 8 heteroatoms. The summed E-state index contributed by atoms with van der Waals surface area (Å²) in [6.45, 7) is -0.173. The molecule has 1 aromatic carbocycles. The molecule has 4 aromatic rings. The van der Waals surface area contributed by atoms with E-state index in [9.17, 15) is 8.78 Å². The number of halogens is 2. The van der Waals surface area contributed by atoms with Crippen LogP contribution in [0.25, 0.3) is 16.8 Å². The van der Waals surface area contributed by atoms with Crippen LogP contribution >= 0.6 is 0 Å². The number of ether oxygens (including phenoxy) is 2. The Morgan fingerprint density at radius 3 is 2.72 bits per heavy atom. The van der Waals surface area contributed by atoms with Crippen molar-refractivity contribution in [3.05, 3.63) is 66.1 Å². The maximum Gasteiger partial charge on any atom is 0.387 e. The number of hydrogen-bond donors (Lipinski definition) is 0. The van der Waals surface area contributed by atoms with Crippen molar-refractivity contribution < 1.29 is 18.3 Å². The van der Waals surface area contributed by atoms with Crippen molar-refractivity contribution in [2.24, 2.45) is 0 Å². The minimum Gasteiger partial charge on any atom is -0.481 e. The van der Waals surface area contributed by atoms with E-state index in [1.165, 1.54) is 0 Å². The van der Waals surface area contributed by atoms with E-state index in [-0.39, 0.29) is 5.75 Å². The van der Waals surface area contributed by atoms with E-state index in [0.29, 0.717) is 18.1 Å². The molecule has 0 saturated carbocycles. The van der Waals surface area contributed by atoms with E-state index in [1.807, 2.05) is 46.7 Å². The lowest BCUT2D eigenvalue weighted by Gasteiger charge is -2.30. The van der Waals surface area contributed by atoms with Gasteiger partial charge in [-0.1, -0.05) is 12.1 Å². The van der Waals surface area contributed by atoms with Gasteiger partial charge < -0.3 is 14.4 Å². The van der Waals surface area contributed by atoms with Crippen molar-refractivity contribution in [2.75, 3.05) is 18.6 Å². The quantitative estimate of drug-likeness (QED) is 0.419. The summed E-state index contributed by atoms with van der Waals surface area (Å²) in [6, 6.07) is 12.7. The van der Waals surface area contributed by atoms with Crippen molar-refractivity contribution in [2.45, 2.75) is 26.4 Å². The molecule has 0 N–H and O–H groups in total. The molecule has 1 aliphatic heterocycles. The number of anilines is 2. The molecule has 0 spiro atoms. The van der Waals surface area contributed by atoms with Gasteiger partial charge in [0, 0.05) is 36.1 Å². The van der Waals surface area contributed by atoms with Crippen LogP contribution in [0.5, 0.6) is 11.6 Å². The Labute approximate surface area is 184 Å². The molecule has 5 rings (SSSR count). The van der Waals surface area contributed by atoms with E-state index in [0.717, 1.165) is 46.7 Å². The molecule has 0 amide bonds. The summed E-state index contributed by atoms with van der Waals surface area (Å²) < 4.78 is 38.1. The van der Waals surface area contributed by atoms with Gasteiger partial charge in [-0.15, -0.1) is 0 Å². The van der Waals surface area contributed by atoms with Crippen molar-refractivity contribution in [1.29, 1.82) is 0 Å². The van der Waals surface area contributed by atoms with E-state index >= 15 is 0 Å². The molecule has 1 aliphatic rings. The Balaban J connectivity index is 1.66. The predicted octanol–water partition coefficient (Wildman–Crippen LogP) is 5.40. The highest BCUT2D eigenvalue weighted by Gasteiger charge is 2.27. The highest BCUT2D eigenvalue weighted by atomic mass is 19.3. The number of pyridine rings is 2. The van der Waals surface area contributed by atoms with Crippen LogP contribution in [0.3, 0.4) is 0 Å². The van der Waals surface area contributed by atoms with Crippen LogP contribution in [0.1, 0.15) is 17.7 Å². The van der Waals surface area contributed by atoms with Crippen LogP contribution in [0.15, 0.2) is 54.9 Å². The molecule has 0 atom stereocenters. The van der Waals surface area contributed by atoms with Crippen LogP contribution in [-0.2, 0) is 6.42 Å². The molecular weight excluding hydrogens is 414 g/mol. The summed E-state index contributed by atoms with van der Waals surface area (Å²) in [5.74, 6) is 1.57. The maximum atomic E-state index is 13.0. The molecule has 6 nitrogen and oxygen atoms in total. The second-order valence-electron chi connectivity index (χ2n) is 7.67. The minimum atomic E-state index is -2.89. The van der Waals surface area contributed by atoms with Crippen LogP contribution in [0, 0.1) is 6.92 Å². The average Bonchev–Trinajstić information content (AvgIpc) is 3.16. The van der Waals surface area contributed by atoms with Gasteiger partial charge in [0.2, 0.25) is 5.88 Å². The Morgan fingerprint density at radius 2 is 1.97 bits per heavy atom. The van der Waals surface area contributed by atoms with Gasteiger partial charge in [0.1, 0.15) is 17.2 Å². The number of hydrogen-bond acceptors (Lipinski definition) is 5. The maximum absolute atomic E-state index is 13.0. The lowest BCUT2D eigenvalue weighted by atomic mass is 10.0. The van der Waals surface area contributed by atoms with Gasteiger partial charge in [-0.2, -0.15) is 8.78 Å². The van der Waals surface area contributed by atoms with Crippen molar-refractivity contribution in [3.8, 4) is 22.8 Å². The Hall–Kier alpha value is -3.68. The van der Waals surface area contributed by atoms with E-state index < -0.39 is 6.61 Å². The third-order valence-corrected chi connectivity index (χ3v) is 5.69. The zero-order valence-electron chi connectivity index (χ0n) is 17.8. The number of rotatable bonds is 5. The van der Waals surface area contributed by atoms with Gasteiger partial charge in [0.05, 0.1) is 18.5 Å². The Morgan fingerprint density at radius 1 is 1.12 bits per heavy atom. The first-order chi connectivity index (χ1) is 15.5. The molecule has 32 heavy (non-hydrogen) atoms. The smallest absolute Gasteiger partial charge is 0.387 e. The van der Waals surface area contributed by atoms with Gasteiger partial charge in [0.15, 0.2) is 0 Å². The topological polar surface area (TPSA) is 51.9 Å². The molecule has 4 heterocycles. The summed E-state index contributed by atoms with van der Waals surface area (Å²) in [7, 11) is 1.58. The summed E-state index contributed by atoms with van der Waals surface area (Å²) in [5, 5.41) is 0. The molecule has 3 aromatic heterocycles. The lowest BCUT2D eigenvalue weighted by molar-refractivity contribution is -0.0494. The molecule has 0 saturated heterocycles. The molecule has 0 radical (unpaired) electrons. The van der Waals surface area contributed by atoms with Crippen LogP contribution in [0.2, 0.25) is 0 Å². The van der Waals surface area contributed by atoms with Gasteiger partial charge in [-0.25, -0.2) is 9.97 Å². The SMILES string of the molecule is COc1ccc(-c2cn3c4c(nc3cc2C)CCCN4c2ccccc2OC(F)F)cn1. The van der Waals surface area contributed by atoms with Crippen molar-refractivity contribution in [1.82, 2.24) is 14.4 Å². The number of methoxy groups -OCH3 is 1. The zero-order chi connectivity index (χ0) is 22.2. The first kappa shape index (κ1) is 20.2. The minimum absolute atomic E-state index is 0.150. The van der Waals surface area contributed by atoms with Gasteiger partial charge in [0.25, 0.3) is 0 Å². The molecular formula is C24H22F2N4O2. The molecule has 0 fully saturated rings. The molecule has 0 bridgehead atoms. The zero-order valence-corrected chi connectivity index (χ0v) is 17.8. The first-order valence-corrected chi connectivity index (χ1v) is 10.4. The Kier molecular flexibility index (Phi) is 5.13. The fourth-order valence-electron chi connectivity index (χ4n) is 4.26. The summed E-state index contributed by atoms with van der Waals surface area (Å²) in [6.07, 6.45) is 5.51. The average molecular weight is 436 g/mol. The van der Waals surface area contributed by atoms with E-state index in [2.05, 4.69) is 4.98 Å². The number of benzene rings is 1. The monoisotopic (exact) mass is 436 g/mol. The third kappa shape index (κ3) is 3.51. The standard InChI is InChI=1S/C24H22F2N4O2/c1-15-12-21-28-18-6-5-11-29(19-7-3-4-8-20(19)32-24(25)26)23(18)30(21)14-17(15)16-9-10-22(31-2)27-13-16/h3-4,7-10,12-14,24H,5-6,11H2,1-2H3. The van der Waals surface area contributed by atoms with E-state index in [1.54, 1.807) is 31.5 Å². The fourth-order valence-corrected chi connectivity index (χ4v) is 4.26. The normalized spacial score (nSPS) is 13.5. The number of para-hydroxylation sites is 2. The van der Waals surface area contributed by atoms with Gasteiger partial charge >= 0.3 is 6.61 Å². The van der Waals surface area contributed by atoms with Crippen molar-refractivity contribution >= 4 is 17.2 Å². The fraction of sp³-hybridized carbons (Fsp3) is 0.250. The summed E-state index contributed by atoms with van der Waals surface area (Å²) in [4.78, 5) is 11.2. The molecule has 0 unspecified atom stereocenters. The second kappa shape index (κ2) is 8.11. The summed E-state index contributed by atoms with van der Waals surface area (Å²) in [5.41, 5.74) is 5.39. The predicted molar refractivity (Wildman–Crippen MR) is 118 cm³/mol. The third-order valence-electron chi connectivity index (χ3n) is 5.69. The molecule has 164 valence electrons. The highest BCUT2D eigenvalue weighted by Crippen LogP contribution is 2.40. The number of aromatic nitrogens is 3. The van der Waals surface area contributed by atoms with Gasteiger partial charge in [-0.05, 0) is 49.6 Å². The number of nitrogens with zero attached hydrogens (tertiary/aromatic N) is 4. The van der Waals surface area contributed by atoms with Crippen molar-refractivity contribution in [3.63, 3.8) is 0 Å². The van der Waals surface area contributed by atoms with Crippen LogP contribution in [0.4, 0.5) is 20.3 Å². The number of fused-ring (bicyclic) bond motifs is 3. The van der Waals surface area contributed by atoms with Crippen LogP contribution < -0.4 is 14.4 Å². The number of imidazole rings is 1. The molecule has 0 aliphatic carbocycles. The largest absolute Gasteiger partial charge is 0.481 e. The number of aryl methyl sites for hydroxylation is 2. The van der Waals surface area contributed by atoms with Crippen LogP contribution in [-0.4, -0.2) is 34.6 Å². The summed E-state index contributed by atoms with van der Waals surface area (Å²) >= 11 is 0. The number of alkyl halides is 2. The Bertz CT molecular complexity index is 1270. The van der Waals surface area contributed by atoms with Gasteiger partial charge in [-0.3, -0.25) is 4.40 Å². The van der Waals surface area contributed by atoms with E-state index in [4.69, 9.17) is 14.5 Å².